The standard InChI is InChI=1S/C29H27ClN4O4S/c1-20-9-13-24(14-10-20)39(37,38)34(23-12-11-21(2)26(30)16-23)19-28(35)33-27-8-4-3-7-25(27)29(36)32-18-22-6-5-15-31-17-22/h3-17H,18-19H2,1-2H3,(H,32,36)(H,33,35). The van der Waals surface area contributed by atoms with Crippen molar-refractivity contribution < 1.29 is 18.0 Å². The molecule has 1 aromatic heterocycles. The second-order valence-corrected chi connectivity index (χ2v) is 11.2. The first-order valence-corrected chi connectivity index (χ1v) is 13.9. The van der Waals surface area contributed by atoms with Crippen molar-refractivity contribution in [2.24, 2.45) is 0 Å². The molecule has 200 valence electrons. The highest BCUT2D eigenvalue weighted by atomic mass is 35.5. The molecule has 2 amide bonds. The van der Waals surface area contributed by atoms with Gasteiger partial charge < -0.3 is 10.6 Å². The summed E-state index contributed by atoms with van der Waals surface area (Å²) in [5, 5.41) is 5.87. The number of hydrogen-bond donors (Lipinski definition) is 2. The molecule has 4 aromatic rings. The van der Waals surface area contributed by atoms with Crippen molar-refractivity contribution in [3.8, 4) is 0 Å². The summed E-state index contributed by atoms with van der Waals surface area (Å²) >= 11 is 6.30. The number of para-hydroxylation sites is 1. The van der Waals surface area contributed by atoms with Crippen LogP contribution in [-0.4, -0.2) is 31.8 Å². The summed E-state index contributed by atoms with van der Waals surface area (Å²) in [6.07, 6.45) is 3.29. The van der Waals surface area contributed by atoms with E-state index >= 15 is 0 Å². The van der Waals surface area contributed by atoms with Gasteiger partial charge in [0.2, 0.25) is 5.91 Å². The molecule has 0 aliphatic rings. The third-order valence-corrected chi connectivity index (χ3v) is 8.16. The highest BCUT2D eigenvalue weighted by Gasteiger charge is 2.28. The van der Waals surface area contributed by atoms with Crippen LogP contribution in [0.5, 0.6) is 0 Å². The summed E-state index contributed by atoms with van der Waals surface area (Å²) in [7, 11) is -4.12. The molecule has 39 heavy (non-hydrogen) atoms. The van der Waals surface area contributed by atoms with Gasteiger partial charge in [-0.3, -0.25) is 18.9 Å². The number of carbonyl (C=O) groups excluding carboxylic acids is 2. The van der Waals surface area contributed by atoms with Crippen LogP contribution in [0.15, 0.2) is 96.2 Å². The maximum Gasteiger partial charge on any atom is 0.264 e. The zero-order valence-electron chi connectivity index (χ0n) is 21.4. The van der Waals surface area contributed by atoms with E-state index in [1.165, 1.54) is 18.2 Å². The fourth-order valence-electron chi connectivity index (χ4n) is 3.78. The average Bonchev–Trinajstić information content (AvgIpc) is 2.93. The molecular formula is C29H27ClN4O4S. The third kappa shape index (κ3) is 6.81. The Bertz CT molecular complexity index is 1590. The number of rotatable bonds is 9. The molecule has 0 bridgehead atoms. The van der Waals surface area contributed by atoms with Gasteiger partial charge >= 0.3 is 0 Å². The monoisotopic (exact) mass is 562 g/mol. The number of amides is 2. The number of nitrogens with zero attached hydrogens (tertiary/aromatic N) is 2. The summed E-state index contributed by atoms with van der Waals surface area (Å²) in [5.41, 5.74) is 3.21. The first-order valence-electron chi connectivity index (χ1n) is 12.1. The number of anilines is 2. The summed E-state index contributed by atoms with van der Waals surface area (Å²) in [6.45, 7) is 3.37. The van der Waals surface area contributed by atoms with Crippen LogP contribution in [0.1, 0.15) is 27.0 Å². The minimum Gasteiger partial charge on any atom is -0.348 e. The van der Waals surface area contributed by atoms with Gasteiger partial charge in [-0.1, -0.05) is 53.6 Å². The highest BCUT2D eigenvalue weighted by Crippen LogP contribution is 2.28. The molecule has 0 radical (unpaired) electrons. The Morgan fingerprint density at radius 3 is 2.38 bits per heavy atom. The normalized spacial score (nSPS) is 11.1. The maximum absolute atomic E-state index is 13.7. The van der Waals surface area contributed by atoms with E-state index in [-0.39, 0.29) is 28.4 Å². The Morgan fingerprint density at radius 2 is 1.69 bits per heavy atom. The molecule has 4 rings (SSSR count). The van der Waals surface area contributed by atoms with Crippen LogP contribution in [0.25, 0.3) is 0 Å². The summed E-state index contributed by atoms with van der Waals surface area (Å²) < 4.78 is 28.3. The maximum atomic E-state index is 13.7. The number of hydrogen-bond acceptors (Lipinski definition) is 5. The predicted molar refractivity (Wildman–Crippen MR) is 152 cm³/mol. The Morgan fingerprint density at radius 1 is 0.949 bits per heavy atom. The molecule has 0 saturated carbocycles. The van der Waals surface area contributed by atoms with Crippen molar-refractivity contribution >= 4 is 44.8 Å². The van der Waals surface area contributed by atoms with E-state index < -0.39 is 28.4 Å². The molecule has 0 fully saturated rings. The van der Waals surface area contributed by atoms with Gasteiger partial charge in [-0.15, -0.1) is 0 Å². The lowest BCUT2D eigenvalue weighted by molar-refractivity contribution is -0.114. The second kappa shape index (κ2) is 12.1. The Labute approximate surface area is 232 Å². The molecule has 0 saturated heterocycles. The second-order valence-electron chi connectivity index (χ2n) is 8.90. The van der Waals surface area contributed by atoms with Crippen molar-refractivity contribution in [2.45, 2.75) is 25.3 Å². The van der Waals surface area contributed by atoms with E-state index in [1.807, 2.05) is 13.0 Å². The van der Waals surface area contributed by atoms with Gasteiger partial charge in [0.1, 0.15) is 6.54 Å². The van der Waals surface area contributed by atoms with Crippen molar-refractivity contribution in [2.75, 3.05) is 16.2 Å². The molecule has 0 aliphatic carbocycles. The van der Waals surface area contributed by atoms with Crippen LogP contribution in [0, 0.1) is 13.8 Å². The molecule has 2 N–H and O–H groups in total. The number of halogens is 1. The van der Waals surface area contributed by atoms with Crippen molar-refractivity contribution in [3.63, 3.8) is 0 Å². The van der Waals surface area contributed by atoms with E-state index in [0.717, 1.165) is 21.0 Å². The van der Waals surface area contributed by atoms with Crippen LogP contribution < -0.4 is 14.9 Å². The summed E-state index contributed by atoms with van der Waals surface area (Å²) in [4.78, 5) is 30.2. The fourth-order valence-corrected chi connectivity index (χ4v) is 5.37. The molecule has 10 heteroatoms. The van der Waals surface area contributed by atoms with Gasteiger partial charge in [-0.2, -0.15) is 0 Å². The highest BCUT2D eigenvalue weighted by molar-refractivity contribution is 7.92. The van der Waals surface area contributed by atoms with Crippen LogP contribution >= 0.6 is 11.6 Å². The number of aromatic nitrogens is 1. The van der Waals surface area contributed by atoms with Gasteiger partial charge in [0.25, 0.3) is 15.9 Å². The minimum atomic E-state index is -4.12. The smallest absolute Gasteiger partial charge is 0.264 e. The minimum absolute atomic E-state index is 0.0350. The number of sulfonamides is 1. The van der Waals surface area contributed by atoms with E-state index in [0.29, 0.717) is 5.02 Å². The van der Waals surface area contributed by atoms with Gasteiger partial charge in [0.15, 0.2) is 0 Å². The zero-order chi connectivity index (χ0) is 28.0. The molecule has 0 atom stereocenters. The largest absolute Gasteiger partial charge is 0.348 e. The van der Waals surface area contributed by atoms with E-state index in [9.17, 15) is 18.0 Å². The van der Waals surface area contributed by atoms with Crippen molar-refractivity contribution in [1.82, 2.24) is 10.3 Å². The molecular weight excluding hydrogens is 536 g/mol. The first-order chi connectivity index (χ1) is 18.6. The van der Waals surface area contributed by atoms with Crippen LogP contribution in [0.2, 0.25) is 5.02 Å². The van der Waals surface area contributed by atoms with Gasteiger partial charge in [0, 0.05) is 24.0 Å². The predicted octanol–water partition coefficient (Wildman–Crippen LogP) is 5.12. The van der Waals surface area contributed by atoms with E-state index in [2.05, 4.69) is 15.6 Å². The Hall–Kier alpha value is -4.21. The van der Waals surface area contributed by atoms with E-state index in [1.54, 1.807) is 73.9 Å². The van der Waals surface area contributed by atoms with Gasteiger partial charge in [-0.25, -0.2) is 8.42 Å². The summed E-state index contributed by atoms with van der Waals surface area (Å²) in [5.74, 6) is -1.03. The van der Waals surface area contributed by atoms with Crippen LogP contribution in [0.3, 0.4) is 0 Å². The lowest BCUT2D eigenvalue weighted by Crippen LogP contribution is -2.38. The topological polar surface area (TPSA) is 108 Å². The molecule has 0 unspecified atom stereocenters. The lowest BCUT2D eigenvalue weighted by atomic mass is 10.1. The number of pyridine rings is 1. The fraction of sp³-hybridized carbons (Fsp3) is 0.138. The molecule has 1 heterocycles. The quantitative estimate of drug-likeness (QED) is 0.294. The molecule has 0 aliphatic heterocycles. The van der Waals surface area contributed by atoms with Crippen LogP contribution in [-0.2, 0) is 21.4 Å². The Kier molecular flexibility index (Phi) is 8.63. The van der Waals surface area contributed by atoms with Crippen LogP contribution in [0.4, 0.5) is 11.4 Å². The average molecular weight is 563 g/mol. The molecule has 8 nitrogen and oxygen atoms in total. The van der Waals surface area contributed by atoms with E-state index in [4.69, 9.17) is 11.6 Å². The zero-order valence-corrected chi connectivity index (χ0v) is 23.0. The number of aryl methyl sites for hydroxylation is 2. The number of nitrogens with one attached hydrogen (secondary N) is 2. The van der Waals surface area contributed by atoms with Crippen molar-refractivity contribution in [3.05, 3.63) is 119 Å². The number of benzene rings is 3. The summed E-state index contributed by atoms with van der Waals surface area (Å²) in [6, 6.07) is 21.3. The molecule has 3 aromatic carbocycles. The lowest BCUT2D eigenvalue weighted by Gasteiger charge is -2.25. The molecule has 0 spiro atoms. The van der Waals surface area contributed by atoms with Gasteiger partial charge in [-0.05, 0) is 67.4 Å². The number of carbonyl (C=O) groups is 2. The Balaban J connectivity index is 1.58. The SMILES string of the molecule is Cc1ccc(S(=O)(=O)N(CC(=O)Nc2ccccc2C(=O)NCc2cccnc2)c2ccc(C)c(Cl)c2)cc1. The third-order valence-electron chi connectivity index (χ3n) is 5.96. The van der Waals surface area contributed by atoms with Gasteiger partial charge in [0.05, 0.1) is 21.8 Å². The first kappa shape index (κ1) is 27.8. The van der Waals surface area contributed by atoms with Crippen molar-refractivity contribution in [1.29, 1.82) is 0 Å².